The molecular formula is C12H14ClNO. The van der Waals surface area contributed by atoms with Crippen molar-refractivity contribution in [3.05, 3.63) is 28.8 Å². The molecular weight excluding hydrogens is 210 g/mol. The summed E-state index contributed by atoms with van der Waals surface area (Å²) in [6.07, 6.45) is 1.44. The van der Waals surface area contributed by atoms with Crippen LogP contribution in [0.15, 0.2) is 18.2 Å². The van der Waals surface area contributed by atoms with Crippen LogP contribution in [-0.4, -0.2) is 20.2 Å². The van der Waals surface area contributed by atoms with E-state index in [2.05, 4.69) is 24.1 Å². The monoisotopic (exact) mass is 223 g/mol. The molecule has 2 nitrogen and oxygen atoms in total. The van der Waals surface area contributed by atoms with Gasteiger partial charge in [-0.2, -0.15) is 0 Å². The highest BCUT2D eigenvalue weighted by Crippen LogP contribution is 2.44. The van der Waals surface area contributed by atoms with Crippen LogP contribution in [0.5, 0.6) is 0 Å². The first-order chi connectivity index (χ1) is 7.25. The normalized spacial score (nSPS) is 28.8. The van der Waals surface area contributed by atoms with Gasteiger partial charge in [-0.3, -0.25) is 0 Å². The predicted octanol–water partition coefficient (Wildman–Crippen LogP) is 2.87. The zero-order chi connectivity index (χ0) is 10.4. The van der Waals surface area contributed by atoms with E-state index in [0.29, 0.717) is 5.92 Å². The highest BCUT2D eigenvalue weighted by atomic mass is 35.5. The average molecular weight is 224 g/mol. The molecule has 2 atom stereocenters. The Kier molecular flexibility index (Phi) is 2.15. The lowest BCUT2D eigenvalue weighted by molar-refractivity contribution is 0.0891. The van der Waals surface area contributed by atoms with Gasteiger partial charge in [0, 0.05) is 42.4 Å². The minimum Gasteiger partial charge on any atom is -0.374 e. The van der Waals surface area contributed by atoms with Crippen molar-refractivity contribution < 1.29 is 4.74 Å². The van der Waals surface area contributed by atoms with Gasteiger partial charge in [-0.05, 0) is 24.6 Å². The van der Waals surface area contributed by atoms with Crippen LogP contribution >= 0.6 is 11.6 Å². The zero-order valence-electron chi connectivity index (χ0n) is 8.74. The smallest absolute Gasteiger partial charge is 0.0891 e. The fourth-order valence-electron chi connectivity index (χ4n) is 2.72. The van der Waals surface area contributed by atoms with Crippen molar-refractivity contribution in [3.63, 3.8) is 0 Å². The molecule has 0 amide bonds. The van der Waals surface area contributed by atoms with Gasteiger partial charge in [0.1, 0.15) is 0 Å². The number of hydrogen-bond donors (Lipinski definition) is 0. The van der Waals surface area contributed by atoms with Gasteiger partial charge in [0.05, 0.1) is 6.10 Å². The van der Waals surface area contributed by atoms with E-state index >= 15 is 0 Å². The third-order valence-corrected chi connectivity index (χ3v) is 3.67. The van der Waals surface area contributed by atoms with Crippen LogP contribution in [0.4, 0.5) is 5.69 Å². The van der Waals surface area contributed by atoms with E-state index in [1.54, 1.807) is 0 Å². The number of ether oxygens (including phenoxy) is 1. The number of halogens is 1. The van der Waals surface area contributed by atoms with Crippen LogP contribution in [0.25, 0.3) is 0 Å². The molecule has 1 fully saturated rings. The molecule has 3 rings (SSSR count). The molecule has 0 saturated carbocycles. The Balaban J connectivity index is 2.11. The lowest BCUT2D eigenvalue weighted by Gasteiger charge is -2.35. The molecule has 1 aromatic carbocycles. The third-order valence-electron chi connectivity index (χ3n) is 3.43. The maximum Gasteiger partial charge on any atom is 0.0891 e. The molecule has 3 heteroatoms. The van der Waals surface area contributed by atoms with Crippen molar-refractivity contribution in [2.75, 3.05) is 25.1 Å². The first kappa shape index (κ1) is 9.49. The molecule has 2 aliphatic rings. The second-order valence-electron chi connectivity index (χ2n) is 4.42. The Morgan fingerprint density at radius 1 is 1.47 bits per heavy atom. The second kappa shape index (κ2) is 3.39. The maximum atomic E-state index is 6.04. The molecule has 2 unspecified atom stereocenters. The molecule has 0 spiro atoms. The fraction of sp³-hybridized carbons (Fsp3) is 0.500. The van der Waals surface area contributed by atoms with E-state index in [9.17, 15) is 0 Å². The summed E-state index contributed by atoms with van der Waals surface area (Å²) in [7, 11) is 2.14. The Hall–Kier alpha value is -0.730. The average Bonchev–Trinajstić information content (AvgIpc) is 2.65. The molecule has 0 aliphatic carbocycles. The number of hydrogen-bond acceptors (Lipinski definition) is 2. The van der Waals surface area contributed by atoms with Gasteiger partial charge in [0.2, 0.25) is 0 Å². The Morgan fingerprint density at radius 3 is 3.20 bits per heavy atom. The minimum absolute atomic E-state index is 0.273. The maximum absolute atomic E-state index is 6.04. The van der Waals surface area contributed by atoms with Gasteiger partial charge < -0.3 is 9.64 Å². The standard InChI is InChI=1S/C12H14ClNO/c1-14-7-8-4-5-15-12(8)10-6-9(13)2-3-11(10)14/h2-3,6,8,12H,4-5,7H2,1H3. The number of benzene rings is 1. The van der Waals surface area contributed by atoms with Crippen LogP contribution in [0.1, 0.15) is 18.1 Å². The molecule has 0 aromatic heterocycles. The van der Waals surface area contributed by atoms with Crippen LogP contribution < -0.4 is 4.90 Å². The van der Waals surface area contributed by atoms with Crippen molar-refractivity contribution in [2.45, 2.75) is 12.5 Å². The lowest BCUT2D eigenvalue weighted by atomic mass is 9.89. The molecule has 15 heavy (non-hydrogen) atoms. The van der Waals surface area contributed by atoms with Crippen molar-refractivity contribution in [1.29, 1.82) is 0 Å². The first-order valence-corrected chi connectivity index (χ1v) is 5.75. The number of rotatable bonds is 0. The van der Waals surface area contributed by atoms with E-state index in [4.69, 9.17) is 16.3 Å². The van der Waals surface area contributed by atoms with Gasteiger partial charge in [-0.1, -0.05) is 11.6 Å². The highest BCUT2D eigenvalue weighted by molar-refractivity contribution is 6.30. The molecule has 1 saturated heterocycles. The largest absolute Gasteiger partial charge is 0.374 e. The molecule has 0 bridgehead atoms. The molecule has 1 aromatic rings. The SMILES string of the molecule is CN1CC2CCOC2c2cc(Cl)ccc21. The quantitative estimate of drug-likeness (QED) is 0.671. The summed E-state index contributed by atoms with van der Waals surface area (Å²) in [5.74, 6) is 0.640. The van der Waals surface area contributed by atoms with Gasteiger partial charge >= 0.3 is 0 Å². The Bertz CT molecular complexity index is 393. The number of nitrogens with zero attached hydrogens (tertiary/aromatic N) is 1. The van der Waals surface area contributed by atoms with E-state index < -0.39 is 0 Å². The van der Waals surface area contributed by atoms with E-state index in [0.717, 1.165) is 18.2 Å². The van der Waals surface area contributed by atoms with Crippen LogP contribution in [-0.2, 0) is 4.74 Å². The summed E-state index contributed by atoms with van der Waals surface area (Å²) >= 11 is 6.04. The second-order valence-corrected chi connectivity index (χ2v) is 4.86. The van der Waals surface area contributed by atoms with Gasteiger partial charge in [-0.25, -0.2) is 0 Å². The summed E-state index contributed by atoms with van der Waals surface area (Å²) in [4.78, 5) is 2.31. The highest BCUT2D eigenvalue weighted by Gasteiger charge is 2.36. The summed E-state index contributed by atoms with van der Waals surface area (Å²) < 4.78 is 5.80. The van der Waals surface area contributed by atoms with Gasteiger partial charge in [0.15, 0.2) is 0 Å². The van der Waals surface area contributed by atoms with E-state index in [1.807, 2.05) is 6.07 Å². The van der Waals surface area contributed by atoms with Gasteiger partial charge in [-0.15, -0.1) is 0 Å². The van der Waals surface area contributed by atoms with Crippen LogP contribution in [0, 0.1) is 5.92 Å². The van der Waals surface area contributed by atoms with Crippen molar-refractivity contribution in [1.82, 2.24) is 0 Å². The molecule has 2 heterocycles. The zero-order valence-corrected chi connectivity index (χ0v) is 9.50. The molecule has 80 valence electrons. The molecule has 2 aliphatic heterocycles. The predicted molar refractivity (Wildman–Crippen MR) is 61.5 cm³/mol. The summed E-state index contributed by atoms with van der Waals surface area (Å²) in [6.45, 7) is 1.98. The van der Waals surface area contributed by atoms with Crippen LogP contribution in [0.3, 0.4) is 0 Å². The number of fused-ring (bicyclic) bond motifs is 3. The first-order valence-electron chi connectivity index (χ1n) is 5.38. The Morgan fingerprint density at radius 2 is 2.33 bits per heavy atom. The van der Waals surface area contributed by atoms with E-state index in [-0.39, 0.29) is 6.10 Å². The summed E-state index contributed by atoms with van der Waals surface area (Å²) in [6, 6.07) is 6.09. The molecule has 0 N–H and O–H groups in total. The fourth-order valence-corrected chi connectivity index (χ4v) is 2.90. The van der Waals surface area contributed by atoms with Gasteiger partial charge in [0.25, 0.3) is 0 Å². The summed E-state index contributed by atoms with van der Waals surface area (Å²) in [5, 5.41) is 0.804. The van der Waals surface area contributed by atoms with Crippen LogP contribution in [0.2, 0.25) is 5.02 Å². The third kappa shape index (κ3) is 1.44. The summed E-state index contributed by atoms with van der Waals surface area (Å²) in [5.41, 5.74) is 2.53. The number of anilines is 1. The topological polar surface area (TPSA) is 12.5 Å². The molecule has 0 radical (unpaired) electrons. The minimum atomic E-state index is 0.273. The lowest BCUT2D eigenvalue weighted by Crippen LogP contribution is -2.33. The van der Waals surface area contributed by atoms with Crippen molar-refractivity contribution >= 4 is 17.3 Å². The van der Waals surface area contributed by atoms with E-state index in [1.165, 1.54) is 17.7 Å². The Labute approximate surface area is 94.8 Å². The van der Waals surface area contributed by atoms with Crippen molar-refractivity contribution in [3.8, 4) is 0 Å². The van der Waals surface area contributed by atoms with Crippen molar-refractivity contribution in [2.24, 2.45) is 5.92 Å².